The lowest BCUT2D eigenvalue weighted by atomic mass is 11.2. The summed E-state index contributed by atoms with van der Waals surface area (Å²) in [5.41, 5.74) is 4.91. The summed E-state index contributed by atoms with van der Waals surface area (Å²) in [7, 11) is 0. The molecule has 1 rings (SSSR count). The van der Waals surface area contributed by atoms with Gasteiger partial charge in [0.05, 0.1) is 0 Å². The maximum Gasteiger partial charge on any atom is 0.162 e. The topological polar surface area (TPSA) is 45.6 Å². The fourth-order valence-corrected chi connectivity index (χ4v) is 0.220. The summed E-state index contributed by atoms with van der Waals surface area (Å²) in [5, 5.41) is 0. The van der Waals surface area contributed by atoms with Crippen molar-refractivity contribution in [2.24, 2.45) is 4.99 Å². The molecule has 0 spiro atoms. The average Bonchev–Trinajstić information content (AvgIpc) is 1.72. The maximum atomic E-state index is 4.51. The first-order valence-electron chi connectivity index (χ1n) is 1.61. The normalized spacial score (nSPS) is 20.0. The molecule has 4 nitrogen and oxygen atoms in total. The highest BCUT2D eigenvalue weighted by molar-refractivity contribution is 5.53. The first kappa shape index (κ1) is 3.58. The van der Waals surface area contributed by atoms with E-state index in [1.54, 1.807) is 0 Å². The van der Waals surface area contributed by atoms with Crippen molar-refractivity contribution in [2.75, 3.05) is 6.73 Å². The van der Waals surface area contributed by atoms with E-state index in [2.05, 4.69) is 20.8 Å². The van der Waals surface area contributed by atoms with Crippen LogP contribution in [0.1, 0.15) is 0 Å². The van der Waals surface area contributed by atoms with Gasteiger partial charge in [0.1, 0.15) is 6.34 Å². The van der Waals surface area contributed by atoms with Crippen LogP contribution in [0.25, 0.3) is 0 Å². The van der Waals surface area contributed by atoms with Crippen molar-refractivity contribution in [1.29, 1.82) is 0 Å². The monoisotopic (exact) mass is 87.0 g/mol. The largest absolute Gasteiger partial charge is 0.289 e. The standard InChI is InChI=1S/C2H5N3O/c1-3-2-6-5-4-1/h1,5H,2H2,(H,3,4). The van der Waals surface area contributed by atoms with Gasteiger partial charge in [0, 0.05) is 0 Å². The Morgan fingerprint density at radius 2 is 2.83 bits per heavy atom. The van der Waals surface area contributed by atoms with Gasteiger partial charge < -0.3 is 0 Å². The third kappa shape index (κ3) is 0.667. The molecule has 6 heavy (non-hydrogen) atoms. The van der Waals surface area contributed by atoms with Crippen molar-refractivity contribution < 1.29 is 4.84 Å². The molecule has 0 aromatic carbocycles. The maximum absolute atomic E-state index is 4.51. The molecule has 0 amide bonds. The lowest BCUT2D eigenvalue weighted by molar-refractivity contribution is 0.0221. The van der Waals surface area contributed by atoms with Gasteiger partial charge in [0.2, 0.25) is 0 Å². The minimum absolute atomic E-state index is 0.396. The van der Waals surface area contributed by atoms with Crippen molar-refractivity contribution in [3.63, 3.8) is 0 Å². The summed E-state index contributed by atoms with van der Waals surface area (Å²) >= 11 is 0. The SMILES string of the molecule is C1=NCONN1. The molecule has 1 heterocycles. The molecule has 0 unspecified atom stereocenters. The number of aliphatic imine (C=N–C) groups is 1. The Balaban J connectivity index is 2.26. The Morgan fingerprint density at radius 1 is 1.83 bits per heavy atom. The van der Waals surface area contributed by atoms with Crippen molar-refractivity contribution in [3.05, 3.63) is 0 Å². The van der Waals surface area contributed by atoms with Gasteiger partial charge in [-0.25, -0.2) is 4.99 Å². The summed E-state index contributed by atoms with van der Waals surface area (Å²) < 4.78 is 0. The average molecular weight is 87.1 g/mol. The van der Waals surface area contributed by atoms with Crippen LogP contribution < -0.4 is 11.0 Å². The van der Waals surface area contributed by atoms with Crippen LogP contribution in [0.4, 0.5) is 0 Å². The second kappa shape index (κ2) is 1.74. The fraction of sp³-hybridized carbons (Fsp3) is 0.500. The Labute approximate surface area is 35.1 Å². The summed E-state index contributed by atoms with van der Waals surface area (Å²) in [6.07, 6.45) is 1.53. The summed E-state index contributed by atoms with van der Waals surface area (Å²) in [4.78, 5) is 8.17. The number of hydrogen-bond donors (Lipinski definition) is 2. The summed E-state index contributed by atoms with van der Waals surface area (Å²) in [6, 6.07) is 0. The van der Waals surface area contributed by atoms with Crippen LogP contribution in [-0.2, 0) is 4.84 Å². The summed E-state index contributed by atoms with van der Waals surface area (Å²) in [6.45, 7) is 0.396. The van der Waals surface area contributed by atoms with Crippen LogP contribution in [0.15, 0.2) is 4.99 Å². The Bertz CT molecular complexity index is 53.8. The predicted octanol–water partition coefficient (Wildman–Crippen LogP) is -0.988. The van der Waals surface area contributed by atoms with Gasteiger partial charge in [-0.1, -0.05) is 0 Å². The van der Waals surface area contributed by atoms with E-state index in [9.17, 15) is 0 Å². The second-order valence-corrected chi connectivity index (χ2v) is 0.832. The highest BCUT2D eigenvalue weighted by Crippen LogP contribution is 1.68. The van der Waals surface area contributed by atoms with E-state index in [-0.39, 0.29) is 0 Å². The van der Waals surface area contributed by atoms with E-state index in [0.29, 0.717) is 6.73 Å². The Morgan fingerprint density at radius 3 is 3.00 bits per heavy atom. The molecule has 1 aliphatic rings. The van der Waals surface area contributed by atoms with E-state index < -0.39 is 0 Å². The highest BCUT2D eigenvalue weighted by Gasteiger charge is 1.82. The molecule has 0 aromatic rings. The predicted molar refractivity (Wildman–Crippen MR) is 20.7 cm³/mol. The van der Waals surface area contributed by atoms with E-state index in [4.69, 9.17) is 0 Å². The third-order valence-electron chi connectivity index (χ3n) is 0.426. The Hall–Kier alpha value is -0.610. The molecular formula is C2H5N3O. The Kier molecular flexibility index (Phi) is 1.03. The first-order valence-corrected chi connectivity index (χ1v) is 1.61. The number of rotatable bonds is 0. The van der Waals surface area contributed by atoms with Gasteiger partial charge in [-0.05, 0) is 0 Å². The van der Waals surface area contributed by atoms with Crippen LogP contribution in [0.5, 0.6) is 0 Å². The quantitative estimate of drug-likeness (QED) is 0.399. The molecule has 0 saturated carbocycles. The van der Waals surface area contributed by atoms with Crippen LogP contribution >= 0.6 is 0 Å². The molecule has 0 bridgehead atoms. The lowest BCUT2D eigenvalue weighted by Crippen LogP contribution is -2.34. The number of hydrogen-bond acceptors (Lipinski definition) is 4. The van der Waals surface area contributed by atoms with Crippen molar-refractivity contribution >= 4 is 6.34 Å². The van der Waals surface area contributed by atoms with Gasteiger partial charge in [-0.3, -0.25) is 10.3 Å². The molecule has 0 atom stereocenters. The van der Waals surface area contributed by atoms with E-state index in [0.717, 1.165) is 0 Å². The minimum Gasteiger partial charge on any atom is -0.289 e. The molecule has 34 valence electrons. The van der Waals surface area contributed by atoms with Crippen LogP contribution in [0, 0.1) is 0 Å². The zero-order chi connectivity index (χ0) is 4.24. The molecule has 4 heteroatoms. The van der Waals surface area contributed by atoms with E-state index in [1.165, 1.54) is 6.34 Å². The van der Waals surface area contributed by atoms with Crippen molar-refractivity contribution in [1.82, 2.24) is 11.0 Å². The zero-order valence-electron chi connectivity index (χ0n) is 3.14. The molecule has 1 aliphatic heterocycles. The van der Waals surface area contributed by atoms with Crippen LogP contribution in [-0.4, -0.2) is 13.1 Å². The molecule has 2 N–H and O–H groups in total. The van der Waals surface area contributed by atoms with Crippen LogP contribution in [0.3, 0.4) is 0 Å². The van der Waals surface area contributed by atoms with Crippen LogP contribution in [0.2, 0.25) is 0 Å². The van der Waals surface area contributed by atoms with Crippen molar-refractivity contribution in [3.8, 4) is 0 Å². The third-order valence-corrected chi connectivity index (χ3v) is 0.426. The van der Waals surface area contributed by atoms with E-state index >= 15 is 0 Å². The smallest absolute Gasteiger partial charge is 0.162 e. The van der Waals surface area contributed by atoms with Gasteiger partial charge in [-0.15, -0.1) is 5.59 Å². The van der Waals surface area contributed by atoms with Gasteiger partial charge >= 0.3 is 0 Å². The molecule has 0 fully saturated rings. The molecule has 0 aromatic heterocycles. The number of hydrazine groups is 1. The summed E-state index contributed by atoms with van der Waals surface area (Å²) in [5.74, 6) is 0. The highest BCUT2D eigenvalue weighted by atomic mass is 16.7. The second-order valence-electron chi connectivity index (χ2n) is 0.832. The molecule has 0 aliphatic carbocycles. The number of nitrogens with one attached hydrogen (secondary N) is 2. The van der Waals surface area contributed by atoms with E-state index in [1.807, 2.05) is 0 Å². The zero-order valence-corrected chi connectivity index (χ0v) is 3.14. The van der Waals surface area contributed by atoms with Crippen molar-refractivity contribution in [2.45, 2.75) is 0 Å². The lowest BCUT2D eigenvalue weighted by Gasteiger charge is -2.04. The van der Waals surface area contributed by atoms with Gasteiger partial charge in [-0.2, -0.15) is 0 Å². The van der Waals surface area contributed by atoms with Gasteiger partial charge in [0.25, 0.3) is 0 Å². The molecule has 0 radical (unpaired) electrons. The minimum atomic E-state index is 0.396. The molecule has 0 saturated heterocycles. The van der Waals surface area contributed by atoms with Gasteiger partial charge in [0.15, 0.2) is 6.73 Å². The fourth-order valence-electron chi connectivity index (χ4n) is 0.220. The molecular weight excluding hydrogens is 82.0 g/mol. The first-order chi connectivity index (χ1) is 3.00. The number of nitrogens with zero attached hydrogens (tertiary/aromatic N) is 1.